The Morgan fingerprint density at radius 3 is 2.24 bits per heavy atom. The Balaban J connectivity index is 1.44. The standard InChI is InChI=1S/C28H26F2N6O2/c29-28(30)11-12-35(16-28)22-9-7-21(8-10-22)34-27(38)24-13-19-5-6-20(25(31)32)14-23(19)36(24)15-17-1-3-18(4-2-17)26(33)37/h1-10,13-14H,11-12,15-16H2,(H3,31,32)(H2,33,37)(H,34,38). The van der Waals surface area contributed by atoms with Crippen LogP contribution in [0.5, 0.6) is 0 Å². The van der Waals surface area contributed by atoms with E-state index in [0.717, 1.165) is 10.9 Å². The minimum atomic E-state index is -2.69. The van der Waals surface area contributed by atoms with Crippen LogP contribution in [0.2, 0.25) is 0 Å². The van der Waals surface area contributed by atoms with Crippen LogP contribution in [0.25, 0.3) is 10.9 Å². The van der Waals surface area contributed by atoms with Crippen LogP contribution in [-0.2, 0) is 6.54 Å². The molecule has 10 heteroatoms. The molecule has 4 aromatic rings. The second kappa shape index (κ2) is 9.62. The summed E-state index contributed by atoms with van der Waals surface area (Å²) in [6.45, 7) is 0.276. The van der Waals surface area contributed by atoms with Gasteiger partial charge in [-0.3, -0.25) is 15.0 Å². The second-order valence-corrected chi connectivity index (χ2v) is 9.39. The van der Waals surface area contributed by atoms with Gasteiger partial charge in [-0.2, -0.15) is 0 Å². The van der Waals surface area contributed by atoms with Gasteiger partial charge < -0.3 is 26.3 Å². The zero-order valence-corrected chi connectivity index (χ0v) is 20.4. The number of amidine groups is 1. The molecule has 0 atom stereocenters. The highest BCUT2D eigenvalue weighted by Crippen LogP contribution is 2.31. The SMILES string of the molecule is N=C(N)c1ccc2cc(C(=O)Nc3ccc(N4CCC(F)(F)C4)cc3)n(Cc3ccc(C(N)=O)cc3)c2c1. The summed E-state index contributed by atoms with van der Waals surface area (Å²) in [6.07, 6.45) is -0.174. The molecule has 2 heterocycles. The van der Waals surface area contributed by atoms with Gasteiger partial charge in [0.15, 0.2) is 0 Å². The van der Waals surface area contributed by atoms with E-state index in [1.54, 1.807) is 77.7 Å². The van der Waals surface area contributed by atoms with Gasteiger partial charge in [-0.1, -0.05) is 24.3 Å². The van der Waals surface area contributed by atoms with Gasteiger partial charge in [-0.25, -0.2) is 8.78 Å². The summed E-state index contributed by atoms with van der Waals surface area (Å²) in [4.78, 5) is 26.5. The maximum absolute atomic E-state index is 13.6. The highest BCUT2D eigenvalue weighted by atomic mass is 19.3. The van der Waals surface area contributed by atoms with Crippen molar-refractivity contribution in [2.75, 3.05) is 23.3 Å². The summed E-state index contributed by atoms with van der Waals surface area (Å²) in [5.41, 5.74) is 15.1. The Bertz CT molecular complexity index is 1540. The number of amides is 2. The van der Waals surface area contributed by atoms with E-state index in [4.69, 9.17) is 16.9 Å². The van der Waals surface area contributed by atoms with Crippen molar-refractivity contribution in [1.29, 1.82) is 5.41 Å². The van der Waals surface area contributed by atoms with Crippen LogP contribution < -0.4 is 21.7 Å². The van der Waals surface area contributed by atoms with E-state index in [-0.39, 0.29) is 31.3 Å². The number of fused-ring (bicyclic) bond motifs is 1. The molecular weight excluding hydrogens is 490 g/mol. The van der Waals surface area contributed by atoms with Crippen molar-refractivity contribution in [2.24, 2.45) is 11.5 Å². The van der Waals surface area contributed by atoms with Crippen molar-refractivity contribution in [2.45, 2.75) is 18.9 Å². The van der Waals surface area contributed by atoms with Crippen LogP contribution in [0.4, 0.5) is 20.2 Å². The number of anilines is 2. The first-order valence-corrected chi connectivity index (χ1v) is 12.0. The monoisotopic (exact) mass is 516 g/mol. The first-order chi connectivity index (χ1) is 18.1. The molecule has 194 valence electrons. The molecule has 0 aliphatic carbocycles. The molecule has 1 fully saturated rings. The van der Waals surface area contributed by atoms with Crippen LogP contribution >= 0.6 is 0 Å². The number of halogens is 2. The number of hydrogen-bond donors (Lipinski definition) is 4. The van der Waals surface area contributed by atoms with Crippen molar-refractivity contribution < 1.29 is 18.4 Å². The Morgan fingerprint density at radius 2 is 1.63 bits per heavy atom. The number of aromatic nitrogens is 1. The third kappa shape index (κ3) is 5.06. The molecule has 0 bridgehead atoms. The zero-order chi connectivity index (χ0) is 27.0. The summed E-state index contributed by atoms with van der Waals surface area (Å²) in [7, 11) is 0. The van der Waals surface area contributed by atoms with Crippen LogP contribution in [0.15, 0.2) is 72.8 Å². The Morgan fingerprint density at radius 1 is 0.947 bits per heavy atom. The summed E-state index contributed by atoms with van der Waals surface area (Å²) in [5.74, 6) is -3.67. The maximum Gasteiger partial charge on any atom is 0.272 e. The number of benzene rings is 3. The number of alkyl halides is 2. The minimum Gasteiger partial charge on any atom is -0.384 e. The fourth-order valence-corrected chi connectivity index (χ4v) is 4.64. The van der Waals surface area contributed by atoms with Gasteiger partial charge in [0.2, 0.25) is 5.91 Å². The lowest BCUT2D eigenvalue weighted by Crippen LogP contribution is -2.24. The highest BCUT2D eigenvalue weighted by Gasteiger charge is 2.38. The molecule has 8 nitrogen and oxygen atoms in total. The third-order valence-corrected chi connectivity index (χ3v) is 6.69. The van der Waals surface area contributed by atoms with Crippen LogP contribution in [-0.4, -0.2) is 41.2 Å². The molecule has 0 spiro atoms. The summed E-state index contributed by atoms with van der Waals surface area (Å²) in [6, 6.07) is 20.6. The average molecular weight is 517 g/mol. The Kier molecular flexibility index (Phi) is 6.31. The van der Waals surface area contributed by atoms with Crippen LogP contribution in [0.1, 0.15) is 38.4 Å². The van der Waals surface area contributed by atoms with E-state index in [9.17, 15) is 18.4 Å². The van der Waals surface area contributed by atoms with Crippen LogP contribution in [0.3, 0.4) is 0 Å². The van der Waals surface area contributed by atoms with Gasteiger partial charge in [0, 0.05) is 52.9 Å². The molecule has 0 unspecified atom stereocenters. The summed E-state index contributed by atoms with van der Waals surface area (Å²) >= 11 is 0. The highest BCUT2D eigenvalue weighted by molar-refractivity contribution is 6.07. The second-order valence-electron chi connectivity index (χ2n) is 9.39. The number of hydrogen-bond acceptors (Lipinski definition) is 4. The van der Waals surface area contributed by atoms with E-state index in [2.05, 4.69) is 5.32 Å². The average Bonchev–Trinajstić information content (AvgIpc) is 3.44. The number of nitrogens with one attached hydrogen (secondary N) is 2. The lowest BCUT2D eigenvalue weighted by atomic mass is 10.1. The molecule has 2 amide bonds. The quantitative estimate of drug-likeness (QED) is 0.217. The van der Waals surface area contributed by atoms with Gasteiger partial charge in [0.25, 0.3) is 11.8 Å². The Labute approximate surface area is 217 Å². The molecule has 0 saturated carbocycles. The number of nitrogen functional groups attached to an aromatic ring is 1. The molecule has 1 aromatic heterocycles. The van der Waals surface area contributed by atoms with E-state index >= 15 is 0 Å². The van der Waals surface area contributed by atoms with Crippen molar-refractivity contribution >= 4 is 39.9 Å². The largest absolute Gasteiger partial charge is 0.384 e. The smallest absolute Gasteiger partial charge is 0.272 e. The van der Waals surface area contributed by atoms with Gasteiger partial charge in [0.1, 0.15) is 11.5 Å². The van der Waals surface area contributed by atoms with E-state index in [1.165, 1.54) is 0 Å². The predicted molar refractivity (Wildman–Crippen MR) is 143 cm³/mol. The van der Waals surface area contributed by atoms with Crippen molar-refractivity contribution in [3.63, 3.8) is 0 Å². The van der Waals surface area contributed by atoms with Crippen molar-refractivity contribution in [1.82, 2.24) is 4.57 Å². The normalized spacial score (nSPS) is 14.5. The fraction of sp³-hybridized carbons (Fsp3) is 0.179. The fourth-order valence-electron chi connectivity index (χ4n) is 4.64. The lowest BCUT2D eigenvalue weighted by molar-refractivity contribution is 0.0257. The number of nitrogens with zero attached hydrogens (tertiary/aromatic N) is 2. The third-order valence-electron chi connectivity index (χ3n) is 6.69. The Hall–Kier alpha value is -4.73. The van der Waals surface area contributed by atoms with Gasteiger partial charge in [-0.15, -0.1) is 0 Å². The molecule has 0 radical (unpaired) electrons. The summed E-state index contributed by atoms with van der Waals surface area (Å²) in [5, 5.41) is 11.5. The maximum atomic E-state index is 13.6. The van der Waals surface area contributed by atoms with E-state index < -0.39 is 11.8 Å². The zero-order valence-electron chi connectivity index (χ0n) is 20.4. The van der Waals surface area contributed by atoms with E-state index in [0.29, 0.717) is 40.3 Å². The molecule has 38 heavy (non-hydrogen) atoms. The lowest BCUT2D eigenvalue weighted by Gasteiger charge is -2.18. The number of primary amides is 1. The molecule has 1 saturated heterocycles. The first kappa shape index (κ1) is 24.9. The molecule has 6 N–H and O–H groups in total. The molecule has 3 aromatic carbocycles. The molecule has 1 aliphatic rings. The number of rotatable bonds is 7. The number of carbonyl (C=O) groups excluding carboxylic acids is 2. The van der Waals surface area contributed by atoms with Crippen molar-refractivity contribution in [3.8, 4) is 0 Å². The van der Waals surface area contributed by atoms with Gasteiger partial charge in [0.05, 0.1) is 6.54 Å². The minimum absolute atomic E-state index is 0.0904. The molecular formula is C28H26F2N6O2. The van der Waals surface area contributed by atoms with E-state index in [1.807, 2.05) is 4.57 Å². The van der Waals surface area contributed by atoms with Gasteiger partial charge in [-0.05, 0) is 54.1 Å². The number of carbonyl (C=O) groups is 2. The van der Waals surface area contributed by atoms with Gasteiger partial charge >= 0.3 is 0 Å². The van der Waals surface area contributed by atoms with Crippen LogP contribution in [0, 0.1) is 5.41 Å². The predicted octanol–water partition coefficient (Wildman–Crippen LogP) is 4.17. The van der Waals surface area contributed by atoms with Crippen molar-refractivity contribution in [3.05, 3.63) is 95.2 Å². The molecule has 1 aliphatic heterocycles. The summed E-state index contributed by atoms with van der Waals surface area (Å²) < 4.78 is 29.0. The molecule has 5 rings (SSSR count). The number of nitrogens with two attached hydrogens (primary N) is 2. The first-order valence-electron chi connectivity index (χ1n) is 12.0. The topological polar surface area (TPSA) is 130 Å².